The van der Waals surface area contributed by atoms with Gasteiger partial charge in [0.2, 0.25) is 0 Å². The molecular formula is C28H28N4O15S4. The Hall–Kier alpha value is -5.96. The fraction of sp³-hybridized carbons (Fsp3) is 0.179. The van der Waals surface area contributed by atoms with E-state index in [2.05, 4.69) is 32.9 Å². The number of carboxylic acid groups (broad SMARTS) is 6. The molecule has 0 spiro atoms. The van der Waals surface area contributed by atoms with Gasteiger partial charge in [-0.15, -0.1) is 22.7 Å². The average Bonchev–Trinajstić information content (AvgIpc) is 3.55. The van der Waals surface area contributed by atoms with Gasteiger partial charge in [0, 0.05) is 13.5 Å². The molecule has 1 amide bonds. The normalized spacial score (nSPS) is 11.7. The summed E-state index contributed by atoms with van der Waals surface area (Å²) >= 11 is 7.96. The maximum Gasteiger partial charge on any atom is 0.345 e. The zero-order chi connectivity index (χ0) is 40.5. The lowest BCUT2D eigenvalue weighted by Crippen LogP contribution is -2.33. The maximum absolute atomic E-state index is 12.2. The summed E-state index contributed by atoms with van der Waals surface area (Å²) in [5.41, 5.74) is -1.98. The number of amides is 1. The van der Waals surface area contributed by atoms with Crippen molar-refractivity contribution in [3.8, 4) is 6.07 Å². The zero-order valence-electron chi connectivity index (χ0n) is 26.4. The molecule has 23 heteroatoms. The Bertz CT molecular complexity index is 2130. The minimum atomic E-state index is -1.50. The van der Waals surface area contributed by atoms with Crippen molar-refractivity contribution in [2.24, 2.45) is 0 Å². The number of carbonyl (C=O) groups excluding carboxylic acids is 1. The molecule has 0 atom stereocenters. The summed E-state index contributed by atoms with van der Waals surface area (Å²) in [5.74, 6) is -7.74. The summed E-state index contributed by atoms with van der Waals surface area (Å²) in [5, 5.41) is 56.1. The van der Waals surface area contributed by atoms with E-state index in [0.29, 0.717) is 20.4 Å². The van der Waals surface area contributed by atoms with Crippen molar-refractivity contribution < 1.29 is 64.2 Å². The van der Waals surface area contributed by atoms with E-state index >= 15 is 0 Å². The molecule has 1 saturated heterocycles. The SMILES string of the molecule is C=C(C#N)C(=O)O.C=C(C(=O)O)C(=O)O.C=C1SC(=S)N(CC(=O)O)C1=O.C=c1s/c(=c2/sc(=C)n(CC)c2=O)n(CC(=O)O)c1=O.CC(=O)O. The van der Waals surface area contributed by atoms with Gasteiger partial charge in [-0.25, -0.2) is 14.4 Å². The third-order valence-electron chi connectivity index (χ3n) is 4.83. The number of rotatable bonds is 8. The molecule has 1 aliphatic rings. The Kier molecular flexibility index (Phi) is 20.2. The van der Waals surface area contributed by atoms with Gasteiger partial charge < -0.3 is 30.6 Å². The third kappa shape index (κ3) is 15.9. The van der Waals surface area contributed by atoms with Crippen molar-refractivity contribution in [1.29, 1.82) is 5.26 Å². The number of thiazole rings is 2. The molecule has 3 rings (SSSR count). The molecule has 0 aliphatic carbocycles. The Morgan fingerprint density at radius 3 is 1.55 bits per heavy atom. The van der Waals surface area contributed by atoms with Crippen LogP contribution in [0.15, 0.2) is 45.4 Å². The van der Waals surface area contributed by atoms with E-state index in [1.807, 2.05) is 6.92 Å². The van der Waals surface area contributed by atoms with Crippen LogP contribution in [0, 0.1) is 20.5 Å². The second kappa shape index (κ2) is 21.9. The van der Waals surface area contributed by atoms with E-state index in [1.54, 1.807) is 0 Å². The van der Waals surface area contributed by atoms with Crippen molar-refractivity contribution >= 4 is 106 Å². The van der Waals surface area contributed by atoms with E-state index < -0.39 is 65.0 Å². The number of nitriles is 1. The van der Waals surface area contributed by atoms with Crippen LogP contribution in [0.2, 0.25) is 0 Å². The average molecular weight is 789 g/mol. The number of thioether (sulfide) groups is 1. The summed E-state index contributed by atoms with van der Waals surface area (Å²) in [6.07, 6.45) is 0. The molecule has 0 unspecified atom stereocenters. The number of aliphatic carboxylic acids is 6. The highest BCUT2D eigenvalue weighted by atomic mass is 32.2. The predicted molar refractivity (Wildman–Crippen MR) is 187 cm³/mol. The second-order valence-corrected chi connectivity index (χ2v) is 12.5. The summed E-state index contributed by atoms with van der Waals surface area (Å²) in [6.45, 7) is 19.0. The van der Waals surface area contributed by atoms with E-state index in [4.69, 9.17) is 52.9 Å². The van der Waals surface area contributed by atoms with Gasteiger partial charge >= 0.3 is 29.8 Å². The fourth-order valence-electron chi connectivity index (χ4n) is 2.66. The molecule has 0 bridgehead atoms. The molecule has 1 aliphatic heterocycles. The standard InChI is InChI=1S/C12H12N2O4S2.C6H5NO3S2.C4H3NO2.C4H4O4.C2H4O2/c1-4-13-7(3)20-9(11(13)18)12-14(5-8(15)16)10(17)6(2)19-12;1-3-5(10)7(2-4(8)9)6(11)12-3;1-3(2-5)4(6)7;1-2(3(5)6)4(7)8;1-2(3)4/h2-5H2,1H3,(H,15,16);1-2H2,(H,8,9);1H2,(H,6,7);1H2,(H,5,6)(H,7,8);1H3,(H,3,4)/b12-9+;;;;. The van der Waals surface area contributed by atoms with Gasteiger partial charge in [0.15, 0.2) is 0 Å². The molecular weight excluding hydrogens is 761 g/mol. The van der Waals surface area contributed by atoms with Gasteiger partial charge in [-0.2, -0.15) is 5.26 Å². The molecule has 0 saturated carbocycles. The van der Waals surface area contributed by atoms with Crippen LogP contribution in [0.4, 0.5) is 0 Å². The van der Waals surface area contributed by atoms with Crippen LogP contribution in [-0.4, -0.2) is 97.3 Å². The van der Waals surface area contributed by atoms with Crippen LogP contribution in [0.1, 0.15) is 13.8 Å². The molecule has 274 valence electrons. The second-order valence-electron chi connectivity index (χ2n) is 8.57. The minimum absolute atomic E-state index is 0.211. The van der Waals surface area contributed by atoms with E-state index in [1.165, 1.54) is 10.6 Å². The number of hydrogen-bond donors (Lipinski definition) is 6. The lowest BCUT2D eigenvalue weighted by molar-refractivity contribution is -0.141. The van der Waals surface area contributed by atoms with Crippen molar-refractivity contribution in [1.82, 2.24) is 14.0 Å². The number of carboxylic acids is 6. The van der Waals surface area contributed by atoms with Gasteiger partial charge in [-0.05, 0) is 6.92 Å². The molecule has 2 aromatic rings. The predicted octanol–water partition coefficient (Wildman–Crippen LogP) is -0.256. The first-order valence-corrected chi connectivity index (χ1v) is 15.7. The van der Waals surface area contributed by atoms with Gasteiger partial charge in [0.05, 0.1) is 14.1 Å². The minimum Gasteiger partial charge on any atom is -0.481 e. The number of thiocarbonyl (C=S) groups is 1. The van der Waals surface area contributed by atoms with Crippen LogP contribution in [0.3, 0.4) is 0 Å². The molecule has 0 radical (unpaired) electrons. The first kappa shape index (κ1) is 47.2. The van der Waals surface area contributed by atoms with Crippen LogP contribution in [0.5, 0.6) is 0 Å². The van der Waals surface area contributed by atoms with E-state index in [-0.39, 0.29) is 25.9 Å². The molecule has 0 aromatic carbocycles. The zero-order valence-corrected chi connectivity index (χ0v) is 29.7. The van der Waals surface area contributed by atoms with Crippen molar-refractivity contribution in [2.75, 3.05) is 6.54 Å². The lowest BCUT2D eigenvalue weighted by Gasteiger charge is -2.09. The molecule has 1 fully saturated rings. The highest BCUT2D eigenvalue weighted by Crippen LogP contribution is 2.28. The quantitative estimate of drug-likeness (QED) is 0.0660. The number of nitrogens with zero attached hydrogens (tertiary/aromatic N) is 4. The van der Waals surface area contributed by atoms with Crippen molar-refractivity contribution in [3.05, 3.63) is 74.9 Å². The van der Waals surface area contributed by atoms with Crippen LogP contribution in [0.25, 0.3) is 13.2 Å². The van der Waals surface area contributed by atoms with Crippen LogP contribution in [-0.2, 0) is 46.7 Å². The molecule has 51 heavy (non-hydrogen) atoms. The van der Waals surface area contributed by atoms with Crippen LogP contribution >= 0.6 is 46.7 Å². The highest BCUT2D eigenvalue weighted by Gasteiger charge is 2.31. The molecule has 6 N–H and O–H groups in total. The highest BCUT2D eigenvalue weighted by molar-refractivity contribution is 8.26. The number of carbonyl (C=O) groups is 7. The number of aromatic nitrogens is 2. The van der Waals surface area contributed by atoms with E-state index in [0.717, 1.165) is 50.8 Å². The maximum atomic E-state index is 12.2. The Labute approximate surface area is 302 Å². The summed E-state index contributed by atoms with van der Waals surface area (Å²) in [6, 6.07) is 1.37. The summed E-state index contributed by atoms with van der Waals surface area (Å²) in [4.78, 5) is 95.6. The first-order valence-electron chi connectivity index (χ1n) is 12.8. The smallest absolute Gasteiger partial charge is 0.345 e. The fourth-order valence-corrected chi connectivity index (χ4v) is 5.85. The molecule has 3 heterocycles. The van der Waals surface area contributed by atoms with E-state index in [9.17, 15) is 38.4 Å². The van der Waals surface area contributed by atoms with Gasteiger partial charge in [0.1, 0.15) is 43.8 Å². The summed E-state index contributed by atoms with van der Waals surface area (Å²) < 4.78 is 4.25. The molecule has 2 aromatic heterocycles. The van der Waals surface area contributed by atoms with Gasteiger partial charge in [-0.1, -0.05) is 56.9 Å². The monoisotopic (exact) mass is 788 g/mol. The first-order chi connectivity index (χ1) is 23.3. The van der Waals surface area contributed by atoms with Crippen molar-refractivity contribution in [3.63, 3.8) is 0 Å². The lowest BCUT2D eigenvalue weighted by atomic mass is 10.3. The Morgan fingerprint density at radius 1 is 0.804 bits per heavy atom. The number of hydrogen-bond acceptors (Lipinski definition) is 14. The Morgan fingerprint density at radius 2 is 1.27 bits per heavy atom. The van der Waals surface area contributed by atoms with Gasteiger partial charge in [0.25, 0.3) is 23.0 Å². The van der Waals surface area contributed by atoms with Crippen molar-refractivity contribution in [2.45, 2.75) is 26.9 Å². The molecule has 19 nitrogen and oxygen atoms in total. The topological polar surface area (TPSA) is 312 Å². The largest absolute Gasteiger partial charge is 0.481 e. The summed E-state index contributed by atoms with van der Waals surface area (Å²) in [7, 11) is 0. The van der Waals surface area contributed by atoms with Gasteiger partial charge in [-0.3, -0.25) is 42.8 Å². The van der Waals surface area contributed by atoms with Crippen LogP contribution < -0.4 is 20.3 Å². The Balaban J connectivity index is 0. The third-order valence-corrected chi connectivity index (χ3v) is 8.31.